The van der Waals surface area contributed by atoms with E-state index in [-0.39, 0.29) is 29.3 Å². The summed E-state index contributed by atoms with van der Waals surface area (Å²) < 4.78 is 0. The molecule has 0 aliphatic heterocycles. The minimum absolute atomic E-state index is 0.0604. The summed E-state index contributed by atoms with van der Waals surface area (Å²) in [5.41, 5.74) is 1.25. The van der Waals surface area contributed by atoms with Crippen molar-refractivity contribution >= 4 is 17.7 Å². The first kappa shape index (κ1) is 15.4. The summed E-state index contributed by atoms with van der Waals surface area (Å²) >= 11 is 0. The van der Waals surface area contributed by atoms with Crippen molar-refractivity contribution in [3.63, 3.8) is 0 Å². The average molecular weight is 290 g/mol. The van der Waals surface area contributed by atoms with Crippen LogP contribution in [0.15, 0.2) is 24.3 Å². The van der Waals surface area contributed by atoms with E-state index in [1.165, 1.54) is 0 Å². The molecule has 0 atom stereocenters. The zero-order valence-electron chi connectivity index (χ0n) is 12.9. The van der Waals surface area contributed by atoms with Crippen LogP contribution in [0, 0.1) is 10.8 Å². The molecule has 114 valence electrons. The van der Waals surface area contributed by atoms with Crippen LogP contribution in [-0.4, -0.2) is 23.1 Å². The van der Waals surface area contributed by atoms with E-state index in [4.69, 9.17) is 5.11 Å². The SMILES string of the molecule is CC1(C)C(NC(=O)Nc2ccccc2CC(=O)O)C1(C)C. The summed E-state index contributed by atoms with van der Waals surface area (Å²) in [5.74, 6) is -0.922. The molecule has 2 amide bonds. The van der Waals surface area contributed by atoms with Gasteiger partial charge in [0.2, 0.25) is 0 Å². The topological polar surface area (TPSA) is 78.4 Å². The number of urea groups is 1. The second-order valence-electron chi connectivity index (χ2n) is 6.70. The lowest BCUT2D eigenvalue weighted by Gasteiger charge is -2.12. The largest absolute Gasteiger partial charge is 0.481 e. The Balaban J connectivity index is 2.03. The number of aliphatic carboxylic acids is 1. The summed E-state index contributed by atoms with van der Waals surface area (Å²) in [4.78, 5) is 22.9. The maximum Gasteiger partial charge on any atom is 0.319 e. The molecule has 1 saturated carbocycles. The van der Waals surface area contributed by atoms with Crippen LogP contribution in [0.1, 0.15) is 33.3 Å². The number of hydrogen-bond donors (Lipinski definition) is 3. The normalized spacial score (nSPS) is 18.9. The third kappa shape index (κ3) is 2.86. The van der Waals surface area contributed by atoms with E-state index >= 15 is 0 Å². The van der Waals surface area contributed by atoms with Gasteiger partial charge in [0.25, 0.3) is 0 Å². The van der Waals surface area contributed by atoms with Crippen molar-refractivity contribution in [1.82, 2.24) is 5.32 Å². The molecule has 0 spiro atoms. The maximum absolute atomic E-state index is 12.1. The van der Waals surface area contributed by atoms with Gasteiger partial charge in [-0.05, 0) is 22.5 Å². The molecule has 0 aromatic heterocycles. The molecule has 1 aromatic carbocycles. The second kappa shape index (κ2) is 5.06. The Hall–Kier alpha value is -2.04. The molecule has 0 saturated heterocycles. The van der Waals surface area contributed by atoms with E-state index in [1.54, 1.807) is 24.3 Å². The predicted molar refractivity (Wildman–Crippen MR) is 81.3 cm³/mol. The van der Waals surface area contributed by atoms with Gasteiger partial charge in [0.05, 0.1) is 6.42 Å². The fraction of sp³-hybridized carbons (Fsp3) is 0.500. The minimum atomic E-state index is -0.922. The first-order valence-corrected chi connectivity index (χ1v) is 7.03. The summed E-state index contributed by atoms with van der Waals surface area (Å²) in [7, 11) is 0. The van der Waals surface area contributed by atoms with Crippen molar-refractivity contribution in [1.29, 1.82) is 0 Å². The summed E-state index contributed by atoms with van der Waals surface area (Å²) in [6.45, 7) is 8.49. The van der Waals surface area contributed by atoms with Crippen LogP contribution < -0.4 is 10.6 Å². The number of carboxylic acid groups (broad SMARTS) is 1. The second-order valence-corrected chi connectivity index (χ2v) is 6.70. The molecule has 1 fully saturated rings. The highest BCUT2D eigenvalue weighted by molar-refractivity contribution is 5.91. The van der Waals surface area contributed by atoms with Crippen molar-refractivity contribution < 1.29 is 14.7 Å². The van der Waals surface area contributed by atoms with Crippen molar-refractivity contribution in [2.75, 3.05) is 5.32 Å². The zero-order valence-corrected chi connectivity index (χ0v) is 12.9. The van der Waals surface area contributed by atoms with Gasteiger partial charge in [-0.25, -0.2) is 4.79 Å². The molecule has 1 aromatic rings. The molecular weight excluding hydrogens is 268 g/mol. The molecule has 5 nitrogen and oxygen atoms in total. The van der Waals surface area contributed by atoms with E-state index in [0.717, 1.165) is 0 Å². The average Bonchev–Trinajstić information content (AvgIpc) is 2.73. The van der Waals surface area contributed by atoms with Gasteiger partial charge < -0.3 is 15.7 Å². The number of para-hydroxylation sites is 1. The summed E-state index contributed by atoms with van der Waals surface area (Å²) in [5, 5.41) is 14.6. The zero-order chi connectivity index (χ0) is 15.8. The molecule has 1 aliphatic rings. The van der Waals surface area contributed by atoms with Crippen LogP contribution in [0.2, 0.25) is 0 Å². The lowest BCUT2D eigenvalue weighted by Crippen LogP contribution is -2.34. The highest BCUT2D eigenvalue weighted by Crippen LogP contribution is 2.62. The Labute approximate surface area is 124 Å². The molecule has 0 heterocycles. The number of anilines is 1. The number of amides is 2. The predicted octanol–water partition coefficient (Wildman–Crippen LogP) is 2.87. The minimum Gasteiger partial charge on any atom is -0.481 e. The van der Waals surface area contributed by atoms with Gasteiger partial charge in [-0.3, -0.25) is 4.79 Å². The van der Waals surface area contributed by atoms with Crippen molar-refractivity contribution in [3.8, 4) is 0 Å². The smallest absolute Gasteiger partial charge is 0.319 e. The van der Waals surface area contributed by atoms with E-state index in [2.05, 4.69) is 38.3 Å². The van der Waals surface area contributed by atoms with Crippen molar-refractivity contribution in [2.24, 2.45) is 10.8 Å². The van der Waals surface area contributed by atoms with Crippen molar-refractivity contribution in [2.45, 2.75) is 40.2 Å². The first-order chi connectivity index (χ1) is 9.66. The number of hydrogen-bond acceptors (Lipinski definition) is 2. The van der Waals surface area contributed by atoms with Crippen LogP contribution >= 0.6 is 0 Å². The number of carbonyl (C=O) groups excluding carboxylic acids is 1. The monoisotopic (exact) mass is 290 g/mol. The Kier molecular flexibility index (Phi) is 3.70. The summed E-state index contributed by atoms with van der Waals surface area (Å²) in [6, 6.07) is 6.75. The summed E-state index contributed by atoms with van der Waals surface area (Å²) in [6.07, 6.45) is -0.114. The van der Waals surface area contributed by atoms with Gasteiger partial charge in [0, 0.05) is 11.7 Å². The van der Waals surface area contributed by atoms with Gasteiger partial charge in [0.1, 0.15) is 0 Å². The standard InChI is InChI=1S/C16H22N2O3/c1-15(2)13(16(15,3)4)18-14(21)17-11-8-6-5-7-10(11)9-12(19)20/h5-8,13H,9H2,1-4H3,(H,19,20)(H2,17,18,21). The third-order valence-electron chi connectivity index (χ3n) is 4.90. The lowest BCUT2D eigenvalue weighted by molar-refractivity contribution is -0.136. The van der Waals surface area contributed by atoms with Gasteiger partial charge in [0.15, 0.2) is 0 Å². The quantitative estimate of drug-likeness (QED) is 0.798. The van der Waals surface area contributed by atoms with Gasteiger partial charge >= 0.3 is 12.0 Å². The number of carboxylic acids is 1. The molecule has 0 bridgehead atoms. The Morgan fingerprint density at radius 2 is 1.71 bits per heavy atom. The van der Waals surface area contributed by atoms with Crippen molar-refractivity contribution in [3.05, 3.63) is 29.8 Å². The van der Waals surface area contributed by atoms with E-state index in [9.17, 15) is 9.59 Å². The van der Waals surface area contributed by atoms with Crippen LogP contribution in [0.25, 0.3) is 0 Å². The maximum atomic E-state index is 12.1. The molecule has 5 heteroatoms. The highest BCUT2D eigenvalue weighted by Gasteiger charge is 2.65. The highest BCUT2D eigenvalue weighted by atomic mass is 16.4. The number of nitrogens with one attached hydrogen (secondary N) is 2. The van der Waals surface area contributed by atoms with Crippen LogP contribution in [-0.2, 0) is 11.2 Å². The van der Waals surface area contributed by atoms with E-state index in [0.29, 0.717) is 11.3 Å². The van der Waals surface area contributed by atoms with E-state index < -0.39 is 5.97 Å². The Morgan fingerprint density at radius 1 is 1.14 bits per heavy atom. The Bertz CT molecular complexity index is 565. The molecule has 3 N–H and O–H groups in total. The first-order valence-electron chi connectivity index (χ1n) is 7.03. The fourth-order valence-corrected chi connectivity index (χ4v) is 2.81. The van der Waals surface area contributed by atoms with Gasteiger partial charge in [-0.2, -0.15) is 0 Å². The van der Waals surface area contributed by atoms with Crippen LogP contribution in [0.5, 0.6) is 0 Å². The number of benzene rings is 1. The Morgan fingerprint density at radius 3 is 2.24 bits per heavy atom. The third-order valence-corrected chi connectivity index (χ3v) is 4.90. The molecule has 0 unspecified atom stereocenters. The molecule has 1 aliphatic carbocycles. The van der Waals surface area contributed by atoms with Gasteiger partial charge in [-0.1, -0.05) is 45.9 Å². The van der Waals surface area contributed by atoms with Crippen LogP contribution in [0.3, 0.4) is 0 Å². The molecular formula is C16H22N2O3. The molecule has 2 rings (SSSR count). The van der Waals surface area contributed by atoms with E-state index in [1.807, 2.05) is 0 Å². The lowest BCUT2D eigenvalue weighted by atomic mass is 10.0. The molecule has 21 heavy (non-hydrogen) atoms. The molecule has 0 radical (unpaired) electrons. The van der Waals surface area contributed by atoms with Crippen LogP contribution in [0.4, 0.5) is 10.5 Å². The number of rotatable bonds is 4. The number of carbonyl (C=O) groups is 2. The fourth-order valence-electron chi connectivity index (χ4n) is 2.81. The van der Waals surface area contributed by atoms with Gasteiger partial charge in [-0.15, -0.1) is 0 Å².